The minimum absolute atomic E-state index is 0.0309. The Hall–Kier alpha value is -2.77. The minimum atomic E-state index is -0.973. The van der Waals surface area contributed by atoms with Crippen LogP contribution in [0.25, 0.3) is 0 Å². The van der Waals surface area contributed by atoms with Crippen LogP contribution in [0.4, 0.5) is 10.3 Å². The lowest BCUT2D eigenvalue weighted by Gasteiger charge is -2.19. The molecule has 2 N–H and O–H groups in total. The number of anilines is 1. The number of nitrogen functional groups attached to an aromatic ring is 1. The summed E-state index contributed by atoms with van der Waals surface area (Å²) < 4.78 is 19.7. The van der Waals surface area contributed by atoms with E-state index < -0.39 is 17.8 Å². The summed E-state index contributed by atoms with van der Waals surface area (Å²) in [5, 5.41) is 10.6. The Kier molecular flexibility index (Phi) is 3.74. The van der Waals surface area contributed by atoms with Gasteiger partial charge in [-0.2, -0.15) is 4.68 Å². The summed E-state index contributed by atoms with van der Waals surface area (Å²) >= 11 is 0. The molecule has 1 atom stereocenters. The highest BCUT2D eigenvalue weighted by Crippen LogP contribution is 2.28. The monoisotopic (exact) mass is 277 g/mol. The van der Waals surface area contributed by atoms with E-state index in [0.29, 0.717) is 0 Å². The second-order valence-electron chi connectivity index (χ2n) is 3.92. The van der Waals surface area contributed by atoms with Gasteiger partial charge in [-0.25, -0.2) is 9.18 Å². The molecule has 0 radical (unpaired) electrons. The number of nitrogens with zero attached hydrogens (tertiary/aromatic N) is 4. The van der Waals surface area contributed by atoms with Gasteiger partial charge in [-0.3, -0.25) is 0 Å². The van der Waals surface area contributed by atoms with Crippen molar-refractivity contribution in [2.24, 2.45) is 0 Å². The second kappa shape index (κ2) is 5.47. The summed E-state index contributed by atoms with van der Waals surface area (Å²) in [7, 11) is 1.20. The van der Waals surface area contributed by atoms with Crippen LogP contribution >= 0.6 is 0 Å². The van der Waals surface area contributed by atoms with Gasteiger partial charge in [-0.15, -0.1) is 0 Å². The van der Waals surface area contributed by atoms with Crippen LogP contribution in [0.3, 0.4) is 0 Å². The average Bonchev–Trinajstić information content (AvgIpc) is 2.86. The van der Waals surface area contributed by atoms with E-state index in [2.05, 4.69) is 26.8 Å². The molecule has 0 spiro atoms. The van der Waals surface area contributed by atoms with Crippen LogP contribution in [0.15, 0.2) is 36.4 Å². The molecular weight excluding hydrogens is 265 g/mol. The molecule has 104 valence electrons. The molecule has 0 aliphatic carbocycles. The number of nitrogens with two attached hydrogens (primary N) is 1. The number of hydrogen-bond donors (Lipinski definition) is 1. The van der Waals surface area contributed by atoms with Crippen LogP contribution in [-0.4, -0.2) is 33.3 Å². The van der Waals surface area contributed by atoms with E-state index >= 15 is 0 Å². The molecule has 0 fully saturated rings. The molecule has 0 amide bonds. The predicted molar refractivity (Wildman–Crippen MR) is 67.9 cm³/mol. The van der Waals surface area contributed by atoms with Crippen LogP contribution in [-0.2, 0) is 9.53 Å². The van der Waals surface area contributed by atoms with Gasteiger partial charge in [0, 0.05) is 5.56 Å². The number of methoxy groups -OCH3 is 1. The molecule has 0 aliphatic heterocycles. The van der Waals surface area contributed by atoms with Crippen molar-refractivity contribution >= 4 is 11.9 Å². The Morgan fingerprint density at radius 2 is 2.20 bits per heavy atom. The molecular formula is C12H12FN5O2. The quantitative estimate of drug-likeness (QED) is 0.653. The topological polar surface area (TPSA) is 95.9 Å². The van der Waals surface area contributed by atoms with E-state index in [1.54, 1.807) is 6.07 Å². The van der Waals surface area contributed by atoms with E-state index in [1.165, 1.54) is 25.3 Å². The standard InChI is InChI=1S/C12H12FN5O2/c1-7(11(19)20-2)10(18-12(14)15-16-17-18)8-5-3-4-6-9(8)13/h3-6,10H,1H2,2H3,(H2,14,15,17). The lowest BCUT2D eigenvalue weighted by Crippen LogP contribution is -2.22. The third-order valence-electron chi connectivity index (χ3n) is 2.74. The Morgan fingerprint density at radius 1 is 1.50 bits per heavy atom. The van der Waals surface area contributed by atoms with Crippen LogP contribution in [0.1, 0.15) is 11.6 Å². The number of ether oxygens (including phenoxy) is 1. The van der Waals surface area contributed by atoms with E-state index in [1.807, 2.05) is 0 Å². The van der Waals surface area contributed by atoms with Gasteiger partial charge in [-0.1, -0.05) is 29.9 Å². The van der Waals surface area contributed by atoms with Crippen LogP contribution in [0, 0.1) is 5.82 Å². The molecule has 1 heterocycles. The highest BCUT2D eigenvalue weighted by Gasteiger charge is 2.28. The zero-order valence-electron chi connectivity index (χ0n) is 10.7. The third-order valence-corrected chi connectivity index (χ3v) is 2.74. The number of carbonyl (C=O) groups is 1. The molecule has 0 saturated carbocycles. The Balaban J connectivity index is 2.57. The van der Waals surface area contributed by atoms with Crippen molar-refractivity contribution in [3.8, 4) is 0 Å². The first-order valence-corrected chi connectivity index (χ1v) is 5.61. The van der Waals surface area contributed by atoms with Crippen molar-refractivity contribution in [3.05, 3.63) is 47.8 Å². The van der Waals surface area contributed by atoms with Crippen molar-refractivity contribution in [1.29, 1.82) is 0 Å². The summed E-state index contributed by atoms with van der Waals surface area (Å²) in [6.07, 6.45) is 0. The van der Waals surface area contributed by atoms with E-state index in [4.69, 9.17) is 5.73 Å². The number of esters is 1. The largest absolute Gasteiger partial charge is 0.466 e. The highest BCUT2D eigenvalue weighted by atomic mass is 19.1. The van der Waals surface area contributed by atoms with Crippen LogP contribution < -0.4 is 5.73 Å². The maximum atomic E-state index is 14.0. The normalized spacial score (nSPS) is 11.9. The number of rotatable bonds is 4. The maximum absolute atomic E-state index is 14.0. The van der Waals surface area contributed by atoms with Gasteiger partial charge in [0.05, 0.1) is 12.7 Å². The van der Waals surface area contributed by atoms with Crippen molar-refractivity contribution in [2.75, 3.05) is 12.8 Å². The molecule has 0 saturated heterocycles. The van der Waals surface area contributed by atoms with Crippen LogP contribution in [0.5, 0.6) is 0 Å². The molecule has 1 aromatic heterocycles. The molecule has 20 heavy (non-hydrogen) atoms. The van der Waals surface area contributed by atoms with Gasteiger partial charge < -0.3 is 10.5 Å². The maximum Gasteiger partial charge on any atom is 0.335 e. The SMILES string of the molecule is C=C(C(=O)OC)C(c1ccccc1F)n1nnnc1N. The summed E-state index contributed by atoms with van der Waals surface area (Å²) in [5.74, 6) is -1.30. The minimum Gasteiger partial charge on any atom is -0.466 e. The average molecular weight is 277 g/mol. The molecule has 8 heteroatoms. The first kappa shape index (κ1) is 13.7. The van der Waals surface area contributed by atoms with Crippen molar-refractivity contribution in [1.82, 2.24) is 20.2 Å². The number of hydrogen-bond acceptors (Lipinski definition) is 6. The summed E-state index contributed by atoms with van der Waals surface area (Å²) in [6, 6.07) is 4.93. The van der Waals surface area contributed by atoms with Crippen molar-refractivity contribution in [2.45, 2.75) is 6.04 Å². The zero-order valence-corrected chi connectivity index (χ0v) is 10.7. The molecule has 7 nitrogen and oxygen atoms in total. The fourth-order valence-corrected chi connectivity index (χ4v) is 1.79. The summed E-state index contributed by atoms with van der Waals surface area (Å²) in [5.41, 5.74) is 5.76. The number of carbonyl (C=O) groups excluding carboxylic acids is 1. The molecule has 0 bridgehead atoms. The van der Waals surface area contributed by atoms with Gasteiger partial charge in [-0.05, 0) is 16.5 Å². The smallest absolute Gasteiger partial charge is 0.335 e. The zero-order chi connectivity index (χ0) is 14.7. The first-order chi connectivity index (χ1) is 9.56. The molecule has 2 rings (SSSR count). The fraction of sp³-hybridized carbons (Fsp3) is 0.167. The summed E-state index contributed by atoms with van der Waals surface area (Å²) in [6.45, 7) is 3.63. The number of aromatic nitrogens is 4. The van der Waals surface area contributed by atoms with Crippen molar-refractivity contribution in [3.63, 3.8) is 0 Å². The molecule has 0 aliphatic rings. The third kappa shape index (κ3) is 2.35. The lowest BCUT2D eigenvalue weighted by molar-refractivity contribution is -0.136. The first-order valence-electron chi connectivity index (χ1n) is 5.61. The lowest BCUT2D eigenvalue weighted by atomic mass is 9.99. The number of halogens is 1. The van der Waals surface area contributed by atoms with E-state index in [0.717, 1.165) is 4.68 Å². The summed E-state index contributed by atoms with van der Waals surface area (Å²) in [4.78, 5) is 11.7. The highest BCUT2D eigenvalue weighted by molar-refractivity contribution is 5.89. The van der Waals surface area contributed by atoms with E-state index in [9.17, 15) is 9.18 Å². The fourth-order valence-electron chi connectivity index (χ4n) is 1.79. The second-order valence-corrected chi connectivity index (χ2v) is 3.92. The number of tetrazole rings is 1. The van der Waals surface area contributed by atoms with Gasteiger partial charge in [0.15, 0.2) is 0 Å². The van der Waals surface area contributed by atoms with Crippen LogP contribution in [0.2, 0.25) is 0 Å². The van der Waals surface area contributed by atoms with Gasteiger partial charge in [0.25, 0.3) is 0 Å². The van der Waals surface area contributed by atoms with Crippen molar-refractivity contribution < 1.29 is 13.9 Å². The Labute approximate surface area is 113 Å². The Bertz CT molecular complexity index is 655. The van der Waals surface area contributed by atoms with E-state index in [-0.39, 0.29) is 17.1 Å². The molecule has 1 unspecified atom stereocenters. The van der Waals surface area contributed by atoms with Gasteiger partial charge in [0.1, 0.15) is 11.9 Å². The van der Waals surface area contributed by atoms with Gasteiger partial charge in [0.2, 0.25) is 5.95 Å². The number of benzene rings is 1. The molecule has 2 aromatic rings. The predicted octanol–water partition coefficient (Wildman–Crippen LogP) is 0.713. The Morgan fingerprint density at radius 3 is 2.75 bits per heavy atom. The molecule has 1 aromatic carbocycles. The van der Waals surface area contributed by atoms with Gasteiger partial charge >= 0.3 is 5.97 Å².